The maximum atomic E-state index is 11.9. The van der Waals surface area contributed by atoms with Crippen molar-refractivity contribution in [3.63, 3.8) is 0 Å². The Hall–Kier alpha value is -2.82. The van der Waals surface area contributed by atoms with Crippen LogP contribution in [0.15, 0.2) is 22.0 Å². The molecule has 0 saturated heterocycles. The summed E-state index contributed by atoms with van der Waals surface area (Å²) in [5.74, 6) is -1.22. The molecule has 1 aromatic carbocycles. The van der Waals surface area contributed by atoms with Crippen molar-refractivity contribution in [3.05, 3.63) is 38.5 Å². The third-order valence-electron chi connectivity index (χ3n) is 2.82. The van der Waals surface area contributed by atoms with Crippen LogP contribution in [0, 0.1) is 11.7 Å². The Balaban J connectivity index is -0.000000389. The van der Waals surface area contributed by atoms with Crippen LogP contribution in [-0.2, 0) is 21.6 Å². The molecule has 0 aliphatic carbocycles. The second-order valence-corrected chi connectivity index (χ2v) is 5.11. The van der Waals surface area contributed by atoms with E-state index in [9.17, 15) is 9.90 Å². The first kappa shape index (κ1) is 34.7. The molecule has 1 heterocycles. The summed E-state index contributed by atoms with van der Waals surface area (Å²) in [7, 11) is 2.76. The minimum Gasteiger partial charge on any atom is -0.867 e. The molecule has 2 aromatic rings. The number of carboxylic acids is 1. The summed E-state index contributed by atoms with van der Waals surface area (Å²) < 4.78 is 11.0. The number of ether oxygens (including phenoxy) is 2. The monoisotopic (exact) mass is 493 g/mol. The van der Waals surface area contributed by atoms with E-state index in [1.165, 1.54) is 39.5 Å². The van der Waals surface area contributed by atoms with Crippen LogP contribution < -0.4 is 25.2 Å². The van der Waals surface area contributed by atoms with Gasteiger partial charge in [-0.1, -0.05) is 0 Å². The fourth-order valence-corrected chi connectivity index (χ4v) is 1.85. The quantitative estimate of drug-likeness (QED) is 0.336. The minimum absolute atomic E-state index is 0. The fourth-order valence-electron chi connectivity index (χ4n) is 1.68. The van der Waals surface area contributed by atoms with Gasteiger partial charge in [0.05, 0.1) is 20.4 Å². The van der Waals surface area contributed by atoms with E-state index in [2.05, 4.69) is 15.3 Å². The Morgan fingerprint density at radius 2 is 1.67 bits per heavy atom. The average Bonchev–Trinajstić information content (AvgIpc) is 2.58. The number of nitrogens with one attached hydrogen (secondary N) is 1. The number of aryl methyl sites for hydroxylation is 1. The number of methoxy groups -OCH3 is 2. The van der Waals surface area contributed by atoms with E-state index < -0.39 is 11.5 Å². The molecule has 13 nitrogen and oxygen atoms in total. The zero-order valence-corrected chi connectivity index (χ0v) is 18.1. The van der Waals surface area contributed by atoms with Gasteiger partial charge in [0, 0.05) is 11.5 Å². The van der Waals surface area contributed by atoms with Crippen LogP contribution in [0.25, 0.3) is 0 Å². The van der Waals surface area contributed by atoms with E-state index in [-0.39, 0.29) is 60.9 Å². The number of hydrogen-bond donors (Lipinski definition) is 1. The summed E-state index contributed by atoms with van der Waals surface area (Å²) in [5.41, 5.74) is 0.319. The summed E-state index contributed by atoms with van der Waals surface area (Å²) >= 11 is 4.96. The predicted molar refractivity (Wildman–Crippen MR) is 102 cm³/mol. The van der Waals surface area contributed by atoms with Gasteiger partial charge in [0.15, 0.2) is 0 Å². The molecule has 2 rings (SSSR count). The van der Waals surface area contributed by atoms with Gasteiger partial charge in [0.2, 0.25) is 4.77 Å². The van der Waals surface area contributed by atoms with Crippen molar-refractivity contribution in [1.29, 1.82) is 0 Å². The first-order valence-electron chi connectivity index (χ1n) is 7.04. The molecule has 0 unspecified atom stereocenters. The minimum atomic E-state index is -1.08. The third kappa shape index (κ3) is 9.59. The van der Waals surface area contributed by atoms with Crippen LogP contribution in [0.1, 0.15) is 18.2 Å². The molecule has 0 saturated carbocycles. The predicted octanol–water partition coefficient (Wildman–Crippen LogP) is -3.14. The zero-order chi connectivity index (χ0) is 19.9. The molecule has 0 atom stereocenters. The van der Waals surface area contributed by atoms with Crippen LogP contribution in [0.4, 0.5) is 0 Å². The molecule has 0 bridgehead atoms. The number of nitrogens with zero attached hydrogens (tertiary/aromatic N) is 3. The zero-order valence-electron chi connectivity index (χ0n) is 16.3. The van der Waals surface area contributed by atoms with Crippen molar-refractivity contribution < 1.29 is 57.7 Å². The van der Waals surface area contributed by atoms with Gasteiger partial charge in [0.1, 0.15) is 17.2 Å². The number of H-pyrrole nitrogens is 1. The number of rotatable bonds is 4. The molecule has 15 heteroatoms. The second-order valence-electron chi connectivity index (χ2n) is 4.72. The molecule has 1 radical (unpaired) electrons. The third-order valence-corrected chi connectivity index (χ3v) is 3.08. The molecule has 171 valence electrons. The van der Waals surface area contributed by atoms with Gasteiger partial charge in [0.25, 0.3) is 5.56 Å². The van der Waals surface area contributed by atoms with Gasteiger partial charge in [-0.2, -0.15) is 14.9 Å². The molecule has 1 aromatic heterocycles. The number of hydrogen-bond acceptors (Lipinski definition) is 9. The van der Waals surface area contributed by atoms with E-state index in [0.717, 1.165) is 11.6 Å². The number of aliphatic carboxylic acids is 1. The Labute approximate surface area is 186 Å². The van der Waals surface area contributed by atoms with Crippen molar-refractivity contribution in [2.75, 3.05) is 14.2 Å². The van der Waals surface area contributed by atoms with Crippen LogP contribution in [0.2, 0.25) is 0 Å². The number of carbonyl (C=O) groups is 1. The SMILES string of the molecule is CC(=O)[O-].COc1cc(/C=N/n2c(=S)[nH]nc(C)c2=O)cc(OC)c1[O-].O.O.O.[Co+2]. The second kappa shape index (κ2) is 16.0. The number of aromatic amines is 1. The van der Waals surface area contributed by atoms with Gasteiger partial charge in [-0.25, -0.2) is 0 Å². The molecule has 0 amide bonds. The van der Waals surface area contributed by atoms with E-state index in [4.69, 9.17) is 31.6 Å². The van der Waals surface area contributed by atoms with Crippen molar-refractivity contribution in [3.8, 4) is 17.2 Å². The van der Waals surface area contributed by atoms with Crippen molar-refractivity contribution in [1.82, 2.24) is 14.9 Å². The van der Waals surface area contributed by atoms with E-state index in [1.54, 1.807) is 0 Å². The van der Waals surface area contributed by atoms with Crippen LogP contribution in [0.5, 0.6) is 17.2 Å². The van der Waals surface area contributed by atoms with Crippen molar-refractivity contribution in [2.24, 2.45) is 5.10 Å². The van der Waals surface area contributed by atoms with E-state index >= 15 is 0 Å². The topological polar surface area (TPSA) is 239 Å². The average molecular weight is 493 g/mol. The summed E-state index contributed by atoms with van der Waals surface area (Å²) in [5, 5.41) is 31.0. The number of carbonyl (C=O) groups excluding carboxylic acids is 1. The molecule has 0 fully saturated rings. The Morgan fingerprint density at radius 1 is 1.23 bits per heavy atom. The number of carboxylic acid groups (broad SMARTS) is 1. The Kier molecular flexibility index (Phi) is 18.5. The summed E-state index contributed by atoms with van der Waals surface area (Å²) in [6.45, 7) is 2.51. The normalized spacial score (nSPS) is 8.80. The fraction of sp³-hybridized carbons (Fsp3) is 0.267. The smallest absolute Gasteiger partial charge is 0.867 e. The molecule has 7 N–H and O–H groups in total. The largest absolute Gasteiger partial charge is 2.00 e. The first-order valence-corrected chi connectivity index (χ1v) is 7.45. The van der Waals surface area contributed by atoms with Gasteiger partial charge in [-0.3, -0.25) is 9.89 Å². The molecular weight excluding hydrogens is 471 g/mol. The summed E-state index contributed by atoms with van der Waals surface area (Å²) in [4.78, 5) is 20.8. The molecule has 0 spiro atoms. The Morgan fingerprint density at radius 3 is 2.07 bits per heavy atom. The van der Waals surface area contributed by atoms with Crippen molar-refractivity contribution in [2.45, 2.75) is 13.8 Å². The van der Waals surface area contributed by atoms with Crippen LogP contribution in [-0.4, -0.2) is 57.7 Å². The first-order chi connectivity index (χ1) is 12.2. The molecule has 0 aliphatic rings. The van der Waals surface area contributed by atoms with E-state index in [1.807, 2.05) is 0 Å². The number of aromatic nitrogens is 3. The van der Waals surface area contributed by atoms with Crippen LogP contribution >= 0.6 is 12.2 Å². The van der Waals surface area contributed by atoms with Gasteiger partial charge >= 0.3 is 16.8 Å². The molecule has 0 aliphatic heterocycles. The number of benzene rings is 1. The van der Waals surface area contributed by atoms with Gasteiger partial charge in [-0.05, 0) is 43.9 Å². The summed E-state index contributed by atoms with van der Waals surface area (Å²) in [6.07, 6.45) is 1.37. The standard InChI is InChI=1S/C13H14N4O4S.C2H4O2.Co.3H2O/c1-7-12(19)17(13(22)16-15-7)14-6-8-4-9(20-2)11(18)10(5-8)21-3;1-2(3)4;;;;/h4-6,18H,1-3H3,(H,16,22);1H3,(H,3,4);;3*1H2/q;;+2;;;/p-2/b14-6+;;;;;. The van der Waals surface area contributed by atoms with Gasteiger partial charge < -0.3 is 40.9 Å². The van der Waals surface area contributed by atoms with E-state index in [0.29, 0.717) is 5.56 Å². The maximum absolute atomic E-state index is 11.9. The maximum Gasteiger partial charge on any atom is 2.00 e. The molecular formula is C15H22CoN4O9S. The summed E-state index contributed by atoms with van der Waals surface area (Å²) in [6, 6.07) is 2.97. The molecule has 30 heavy (non-hydrogen) atoms. The van der Waals surface area contributed by atoms with Crippen LogP contribution in [0.3, 0.4) is 0 Å². The van der Waals surface area contributed by atoms with Gasteiger partial charge in [-0.15, -0.1) is 0 Å². The van der Waals surface area contributed by atoms with Crippen molar-refractivity contribution >= 4 is 24.4 Å². The Bertz CT molecular complexity index is 917.